The van der Waals surface area contributed by atoms with Crippen molar-refractivity contribution < 1.29 is 9.47 Å². The smallest absolute Gasteiger partial charge is 0.218 e. The Morgan fingerprint density at radius 2 is 1.35 bits per heavy atom. The zero-order valence-electron chi connectivity index (χ0n) is 32.0. The Morgan fingerprint density at radius 1 is 0.667 bits per heavy atom. The number of aromatic nitrogens is 2. The lowest BCUT2D eigenvalue weighted by Crippen LogP contribution is -2.51. The van der Waals surface area contributed by atoms with Crippen LogP contribution in [0, 0.1) is 41.5 Å². The third-order valence-electron chi connectivity index (χ3n) is 13.0. The lowest BCUT2D eigenvalue weighted by Gasteiger charge is -2.41. The average Bonchev–Trinajstić information content (AvgIpc) is 3.56. The van der Waals surface area contributed by atoms with Gasteiger partial charge in [0.25, 0.3) is 0 Å². The van der Waals surface area contributed by atoms with Gasteiger partial charge in [-0.1, -0.05) is 69.2 Å². The average molecular weight is 674 g/mol. The van der Waals surface area contributed by atoms with Gasteiger partial charge in [-0.2, -0.15) is 0 Å². The molecule has 2 aromatic heterocycles. The van der Waals surface area contributed by atoms with Crippen LogP contribution in [-0.4, -0.2) is 21.0 Å². The predicted octanol–water partition coefficient (Wildman–Crippen LogP) is 11.2. The molecule has 0 spiro atoms. The van der Waals surface area contributed by atoms with E-state index in [1.54, 1.807) is 0 Å². The fourth-order valence-corrected chi connectivity index (χ4v) is 9.94. The Kier molecular flexibility index (Phi) is 6.22. The van der Waals surface area contributed by atoms with Crippen LogP contribution in [0.1, 0.15) is 103 Å². The third kappa shape index (κ3) is 3.92. The molecule has 1 aliphatic carbocycles. The van der Waals surface area contributed by atoms with Gasteiger partial charge in [0.15, 0.2) is 0 Å². The molecule has 0 bridgehead atoms. The minimum absolute atomic E-state index is 0.172. The molecule has 3 aliphatic rings. The zero-order chi connectivity index (χ0) is 36.2. The molecule has 0 unspecified atom stereocenters. The Hall–Kier alpha value is -4.90. The normalized spacial score (nSPS) is 22.1. The lowest BCUT2D eigenvalue weighted by atomic mass is 9.70. The first-order valence-corrected chi connectivity index (χ1v) is 18.2. The van der Waals surface area contributed by atoms with Crippen LogP contribution in [0.25, 0.3) is 27.6 Å². The van der Waals surface area contributed by atoms with Crippen LogP contribution in [0.15, 0.2) is 71.9 Å². The van der Waals surface area contributed by atoms with Gasteiger partial charge in [0, 0.05) is 45.0 Å². The molecule has 4 heterocycles. The first kappa shape index (κ1) is 32.0. The first-order valence-electron chi connectivity index (χ1n) is 18.2. The van der Waals surface area contributed by atoms with Crippen molar-refractivity contribution in [3.05, 3.63) is 128 Å². The lowest BCUT2D eigenvalue weighted by molar-refractivity contribution is -0.0137. The maximum absolute atomic E-state index is 7.09. The zero-order valence-corrected chi connectivity index (χ0v) is 32.0. The molecule has 2 aliphatic heterocycles. The van der Waals surface area contributed by atoms with Gasteiger partial charge in [0.1, 0.15) is 28.5 Å². The number of aryl methyl sites for hydroxylation is 6. The van der Waals surface area contributed by atoms with Crippen molar-refractivity contribution in [3.8, 4) is 17.3 Å². The SMILES string of the molecule is Cc1cc(C)c2c(c1)[C@@]1(C)N=C(c3cc(Oc4cc5c(cc4C)c4cc(C)cc6c4n5-c4ncccc4C6(C)C)c(C)cc3C)O[C@@]1(C)C2(C)C. The van der Waals surface area contributed by atoms with Gasteiger partial charge in [-0.05, 0) is 119 Å². The van der Waals surface area contributed by atoms with E-state index in [2.05, 4.69) is 148 Å². The molecule has 0 fully saturated rings. The topological polar surface area (TPSA) is 48.6 Å². The summed E-state index contributed by atoms with van der Waals surface area (Å²) in [5.74, 6) is 3.30. The number of pyridine rings is 1. The molecule has 5 nitrogen and oxygen atoms in total. The molecule has 9 rings (SSSR count). The standard InChI is InChI=1S/C46H47N3O2/c1-24-16-29(6)39-34(18-24)45(11)46(12,44(39,9)10)51-42(48-45)30-22-37(27(4)20-26(30)3)50-38-23-36-31(21-28(38)5)32-17-25(2)19-35-40(32)49(36)41-33(43(35,7)8)14-13-15-47-41/h13-23H,1-12H3/t45-,46+/m1/s1. The molecule has 2 atom stereocenters. The Bertz CT molecular complexity index is 2580. The third-order valence-corrected chi connectivity index (χ3v) is 13.0. The van der Waals surface area contributed by atoms with Gasteiger partial charge in [-0.15, -0.1) is 0 Å². The molecule has 258 valence electrons. The van der Waals surface area contributed by atoms with Crippen LogP contribution in [0.3, 0.4) is 0 Å². The summed E-state index contributed by atoms with van der Waals surface area (Å²) in [6.45, 7) is 26.7. The monoisotopic (exact) mass is 673 g/mol. The van der Waals surface area contributed by atoms with Gasteiger partial charge in [-0.3, -0.25) is 4.57 Å². The summed E-state index contributed by atoms with van der Waals surface area (Å²) >= 11 is 0. The van der Waals surface area contributed by atoms with Gasteiger partial charge < -0.3 is 9.47 Å². The van der Waals surface area contributed by atoms with Crippen molar-refractivity contribution in [3.63, 3.8) is 0 Å². The highest BCUT2D eigenvalue weighted by Gasteiger charge is 2.68. The van der Waals surface area contributed by atoms with E-state index in [0.717, 1.165) is 45.1 Å². The van der Waals surface area contributed by atoms with E-state index in [0.29, 0.717) is 5.90 Å². The van der Waals surface area contributed by atoms with E-state index in [-0.39, 0.29) is 10.8 Å². The first-order chi connectivity index (χ1) is 24.0. The largest absolute Gasteiger partial charge is 0.467 e. The van der Waals surface area contributed by atoms with E-state index in [1.165, 1.54) is 55.2 Å². The fraction of sp³-hybridized carbons (Fsp3) is 0.348. The van der Waals surface area contributed by atoms with Crippen LogP contribution in [0.5, 0.6) is 11.5 Å². The van der Waals surface area contributed by atoms with E-state index in [4.69, 9.17) is 19.5 Å². The molecule has 0 amide bonds. The number of nitrogens with zero attached hydrogens (tertiary/aromatic N) is 3. The molecule has 5 heteroatoms. The number of aliphatic imine (C=N–C) groups is 1. The maximum Gasteiger partial charge on any atom is 0.218 e. The summed E-state index contributed by atoms with van der Waals surface area (Å²) in [6, 6.07) is 22.4. The van der Waals surface area contributed by atoms with Gasteiger partial charge in [0.05, 0.1) is 11.0 Å². The summed E-state index contributed by atoms with van der Waals surface area (Å²) in [6.07, 6.45) is 1.90. The summed E-state index contributed by atoms with van der Waals surface area (Å²) in [5, 5.41) is 2.47. The highest BCUT2D eigenvalue weighted by Crippen LogP contribution is 2.63. The molecular formula is C46H47N3O2. The Balaban J connectivity index is 1.19. The second-order valence-corrected chi connectivity index (χ2v) is 17.0. The Labute approximate surface area is 301 Å². The summed E-state index contributed by atoms with van der Waals surface area (Å²) < 4.78 is 16.4. The van der Waals surface area contributed by atoms with Gasteiger partial charge in [-0.25, -0.2) is 9.98 Å². The number of benzene rings is 4. The molecule has 0 N–H and O–H groups in total. The van der Waals surface area contributed by atoms with Crippen LogP contribution in [0.4, 0.5) is 0 Å². The van der Waals surface area contributed by atoms with Crippen molar-refractivity contribution in [2.45, 2.75) is 105 Å². The van der Waals surface area contributed by atoms with Crippen molar-refractivity contribution in [2.75, 3.05) is 0 Å². The van der Waals surface area contributed by atoms with E-state index in [1.807, 2.05) is 6.20 Å². The summed E-state index contributed by atoms with van der Waals surface area (Å²) in [5.41, 5.74) is 14.1. The van der Waals surface area contributed by atoms with E-state index < -0.39 is 11.1 Å². The number of hydrogen-bond acceptors (Lipinski definition) is 4. The fourth-order valence-electron chi connectivity index (χ4n) is 9.94. The number of ether oxygens (including phenoxy) is 2. The second-order valence-electron chi connectivity index (χ2n) is 17.0. The predicted molar refractivity (Wildman–Crippen MR) is 208 cm³/mol. The maximum atomic E-state index is 7.09. The van der Waals surface area contributed by atoms with Crippen LogP contribution in [-0.2, 0) is 21.1 Å². The molecule has 6 aromatic rings. The number of hydrogen-bond donors (Lipinski definition) is 0. The minimum Gasteiger partial charge on any atom is -0.467 e. The summed E-state index contributed by atoms with van der Waals surface area (Å²) in [7, 11) is 0. The molecule has 4 aromatic carbocycles. The second kappa shape index (κ2) is 9.91. The quantitative estimate of drug-likeness (QED) is 0.188. The van der Waals surface area contributed by atoms with Crippen molar-refractivity contribution in [2.24, 2.45) is 4.99 Å². The van der Waals surface area contributed by atoms with Crippen LogP contribution in [0.2, 0.25) is 0 Å². The number of rotatable bonds is 3. The molecular weight excluding hydrogens is 627 g/mol. The van der Waals surface area contributed by atoms with Crippen LogP contribution >= 0.6 is 0 Å². The van der Waals surface area contributed by atoms with Crippen molar-refractivity contribution >= 4 is 27.7 Å². The van der Waals surface area contributed by atoms with Crippen molar-refractivity contribution in [1.82, 2.24) is 9.55 Å². The molecule has 0 saturated carbocycles. The van der Waals surface area contributed by atoms with Gasteiger partial charge >= 0.3 is 0 Å². The molecule has 0 saturated heterocycles. The molecule has 51 heavy (non-hydrogen) atoms. The van der Waals surface area contributed by atoms with E-state index >= 15 is 0 Å². The minimum atomic E-state index is -0.551. The Morgan fingerprint density at radius 3 is 2.12 bits per heavy atom. The molecule has 0 radical (unpaired) electrons. The van der Waals surface area contributed by atoms with Crippen LogP contribution < -0.4 is 4.74 Å². The van der Waals surface area contributed by atoms with Gasteiger partial charge in [0.2, 0.25) is 5.90 Å². The van der Waals surface area contributed by atoms with E-state index in [9.17, 15) is 0 Å². The highest BCUT2D eigenvalue weighted by atomic mass is 16.5. The van der Waals surface area contributed by atoms with Crippen molar-refractivity contribution in [1.29, 1.82) is 0 Å². The number of fused-ring (bicyclic) bond motifs is 8. The summed E-state index contributed by atoms with van der Waals surface area (Å²) in [4.78, 5) is 10.4. The highest BCUT2D eigenvalue weighted by molar-refractivity contribution is 6.12.